The summed E-state index contributed by atoms with van der Waals surface area (Å²) in [6.45, 7) is 1.45. The molecule has 0 aliphatic heterocycles. The fourth-order valence-electron chi connectivity index (χ4n) is 5.48. The van der Waals surface area contributed by atoms with Gasteiger partial charge in [0.1, 0.15) is 5.69 Å². The van der Waals surface area contributed by atoms with Crippen LogP contribution in [0.3, 0.4) is 0 Å². The molecule has 7 nitrogen and oxygen atoms in total. The largest absolute Gasteiger partial charge is 0.448 e. The van der Waals surface area contributed by atoms with Gasteiger partial charge in [-0.15, -0.1) is 0 Å². The van der Waals surface area contributed by atoms with Gasteiger partial charge in [0.15, 0.2) is 6.10 Å². The minimum atomic E-state index is -1.05. The van der Waals surface area contributed by atoms with Gasteiger partial charge in [-0.2, -0.15) is 0 Å². The Morgan fingerprint density at radius 1 is 1.15 bits per heavy atom. The maximum absolute atomic E-state index is 12.4. The zero-order valence-corrected chi connectivity index (χ0v) is 14.9. The topological polar surface area (TPSA) is 100 Å². The maximum Gasteiger partial charge on any atom is 0.355 e. The van der Waals surface area contributed by atoms with Gasteiger partial charge in [0.05, 0.1) is 0 Å². The van der Waals surface area contributed by atoms with Crippen LogP contribution in [0.5, 0.6) is 0 Å². The van der Waals surface area contributed by atoms with Gasteiger partial charge in [-0.05, 0) is 75.3 Å². The average Bonchev–Trinajstić information content (AvgIpc) is 3.07. The summed E-state index contributed by atoms with van der Waals surface area (Å²) in [7, 11) is 0. The van der Waals surface area contributed by atoms with E-state index >= 15 is 0 Å². The minimum Gasteiger partial charge on any atom is -0.448 e. The Hall–Kier alpha value is -2.31. The van der Waals surface area contributed by atoms with Gasteiger partial charge < -0.3 is 15.0 Å². The van der Waals surface area contributed by atoms with Crippen LogP contribution < -0.4 is 10.6 Å². The first kappa shape index (κ1) is 17.1. The fourth-order valence-corrected chi connectivity index (χ4v) is 5.48. The van der Waals surface area contributed by atoms with Crippen molar-refractivity contribution in [2.24, 2.45) is 17.8 Å². The number of carbonyl (C=O) groups is 3. The van der Waals surface area contributed by atoms with Crippen LogP contribution in [0.25, 0.3) is 0 Å². The molecule has 0 spiro atoms. The Morgan fingerprint density at radius 3 is 2.31 bits per heavy atom. The lowest BCUT2D eigenvalue weighted by molar-refractivity contribution is -0.128. The van der Waals surface area contributed by atoms with Crippen molar-refractivity contribution in [1.82, 2.24) is 15.6 Å². The molecule has 1 aromatic heterocycles. The molecule has 4 bridgehead atoms. The molecule has 1 aromatic rings. The molecule has 4 saturated carbocycles. The molecule has 1 atom stereocenters. The summed E-state index contributed by atoms with van der Waals surface area (Å²) in [6.07, 6.45) is 7.44. The number of esters is 1. The number of H-pyrrole nitrogens is 1. The zero-order valence-electron chi connectivity index (χ0n) is 14.9. The molecule has 3 amide bonds. The first-order valence-electron chi connectivity index (χ1n) is 9.40. The van der Waals surface area contributed by atoms with Crippen molar-refractivity contribution in [3.8, 4) is 0 Å². The quantitative estimate of drug-likeness (QED) is 0.719. The average molecular weight is 359 g/mol. The third-order valence-electron chi connectivity index (χ3n) is 6.12. The molecule has 3 N–H and O–H groups in total. The lowest BCUT2D eigenvalue weighted by Crippen LogP contribution is -2.62. The molecular weight excluding hydrogens is 334 g/mol. The van der Waals surface area contributed by atoms with Gasteiger partial charge in [-0.25, -0.2) is 9.59 Å². The van der Waals surface area contributed by atoms with Crippen LogP contribution in [0.2, 0.25) is 0 Å². The third kappa shape index (κ3) is 3.34. The SMILES string of the molecule is C[C@@H](OC(=O)c1ccc[nH]1)C(=O)NC(=O)NC12CC3CC(CC(C3)C1)C2. The van der Waals surface area contributed by atoms with E-state index in [1.807, 2.05) is 0 Å². The Labute approximate surface area is 152 Å². The number of amides is 3. The minimum absolute atomic E-state index is 0.163. The fraction of sp³-hybridized carbons (Fsp3) is 0.632. The standard InChI is InChI=1S/C19H25N3O4/c1-11(26-17(24)15-3-2-4-20-15)16(23)21-18(25)22-19-8-12-5-13(9-19)7-14(6-12)10-19/h2-4,11-14,20H,5-10H2,1H3,(H2,21,22,23,25)/t11-,12?,13?,14?,19?/m1/s1. The van der Waals surface area contributed by atoms with Crippen LogP contribution in [0, 0.1) is 17.8 Å². The van der Waals surface area contributed by atoms with Crippen molar-refractivity contribution < 1.29 is 19.1 Å². The van der Waals surface area contributed by atoms with Crippen LogP contribution in [0.1, 0.15) is 55.9 Å². The van der Waals surface area contributed by atoms with E-state index in [4.69, 9.17) is 4.74 Å². The smallest absolute Gasteiger partial charge is 0.355 e. The van der Waals surface area contributed by atoms with Crippen LogP contribution >= 0.6 is 0 Å². The maximum atomic E-state index is 12.4. The van der Waals surface area contributed by atoms with Crippen molar-refractivity contribution in [3.05, 3.63) is 24.0 Å². The molecule has 1 heterocycles. The second kappa shape index (κ2) is 6.45. The van der Waals surface area contributed by atoms with Gasteiger partial charge >= 0.3 is 12.0 Å². The second-order valence-electron chi connectivity index (χ2n) is 8.27. The Bertz CT molecular complexity index is 677. The van der Waals surface area contributed by atoms with E-state index in [9.17, 15) is 14.4 Å². The molecule has 0 radical (unpaired) electrons. The molecule has 26 heavy (non-hydrogen) atoms. The van der Waals surface area contributed by atoms with Crippen LogP contribution in [0.15, 0.2) is 18.3 Å². The van der Waals surface area contributed by atoms with Crippen molar-refractivity contribution >= 4 is 17.9 Å². The molecule has 5 rings (SSSR count). The van der Waals surface area contributed by atoms with Crippen molar-refractivity contribution in [2.45, 2.75) is 57.1 Å². The molecule has 140 valence electrons. The van der Waals surface area contributed by atoms with Crippen LogP contribution in [-0.2, 0) is 9.53 Å². The predicted octanol–water partition coefficient (Wildman–Crippen LogP) is 2.35. The number of hydrogen-bond acceptors (Lipinski definition) is 4. The molecular formula is C19H25N3O4. The molecule has 7 heteroatoms. The van der Waals surface area contributed by atoms with E-state index in [1.54, 1.807) is 18.3 Å². The number of aromatic nitrogens is 1. The highest BCUT2D eigenvalue weighted by atomic mass is 16.5. The second-order valence-corrected chi connectivity index (χ2v) is 8.27. The summed E-state index contributed by atoms with van der Waals surface area (Å²) in [4.78, 5) is 39.1. The summed E-state index contributed by atoms with van der Waals surface area (Å²) in [5, 5.41) is 5.40. The van der Waals surface area contributed by atoms with E-state index in [0.29, 0.717) is 17.8 Å². The number of imide groups is 1. The number of rotatable bonds is 4. The molecule has 4 aliphatic carbocycles. The van der Waals surface area contributed by atoms with E-state index in [-0.39, 0.29) is 11.2 Å². The highest BCUT2D eigenvalue weighted by Crippen LogP contribution is 2.55. The first-order chi connectivity index (χ1) is 12.4. The summed E-state index contributed by atoms with van der Waals surface area (Å²) in [6, 6.07) is 2.74. The number of ether oxygens (including phenoxy) is 1. The van der Waals surface area contributed by atoms with Crippen LogP contribution in [-0.4, -0.2) is 34.5 Å². The third-order valence-corrected chi connectivity index (χ3v) is 6.12. The molecule has 4 aliphatic rings. The van der Waals surface area contributed by atoms with Crippen molar-refractivity contribution in [1.29, 1.82) is 0 Å². The lowest BCUT2D eigenvalue weighted by Gasteiger charge is -2.56. The highest BCUT2D eigenvalue weighted by Gasteiger charge is 2.51. The lowest BCUT2D eigenvalue weighted by atomic mass is 9.53. The van der Waals surface area contributed by atoms with Gasteiger partial charge in [0, 0.05) is 11.7 Å². The summed E-state index contributed by atoms with van der Waals surface area (Å²) < 4.78 is 5.09. The van der Waals surface area contributed by atoms with Crippen molar-refractivity contribution in [2.75, 3.05) is 0 Å². The number of aromatic amines is 1. The summed E-state index contributed by atoms with van der Waals surface area (Å²) in [5.41, 5.74) is 0.103. The van der Waals surface area contributed by atoms with Gasteiger partial charge in [0.2, 0.25) is 0 Å². The number of nitrogens with one attached hydrogen (secondary N) is 3. The Morgan fingerprint density at radius 2 is 1.77 bits per heavy atom. The molecule has 0 aromatic carbocycles. The normalized spacial score (nSPS) is 32.7. The van der Waals surface area contributed by atoms with Crippen molar-refractivity contribution in [3.63, 3.8) is 0 Å². The monoisotopic (exact) mass is 359 g/mol. The highest BCUT2D eigenvalue weighted by molar-refractivity contribution is 5.98. The molecule has 0 unspecified atom stereocenters. The number of urea groups is 1. The van der Waals surface area contributed by atoms with E-state index in [0.717, 1.165) is 19.3 Å². The van der Waals surface area contributed by atoms with Gasteiger partial charge in [-0.1, -0.05) is 0 Å². The number of hydrogen-bond donors (Lipinski definition) is 3. The van der Waals surface area contributed by atoms with Crippen LogP contribution in [0.4, 0.5) is 4.79 Å². The Balaban J connectivity index is 1.30. The summed E-state index contributed by atoms with van der Waals surface area (Å²) >= 11 is 0. The first-order valence-corrected chi connectivity index (χ1v) is 9.40. The number of carbonyl (C=O) groups excluding carboxylic acids is 3. The zero-order chi connectivity index (χ0) is 18.3. The van der Waals surface area contributed by atoms with E-state index < -0.39 is 24.0 Å². The van der Waals surface area contributed by atoms with Gasteiger partial charge in [-0.3, -0.25) is 10.1 Å². The van der Waals surface area contributed by atoms with E-state index in [2.05, 4.69) is 15.6 Å². The van der Waals surface area contributed by atoms with Gasteiger partial charge in [0.25, 0.3) is 5.91 Å². The summed E-state index contributed by atoms with van der Waals surface area (Å²) in [5.74, 6) is 0.875. The Kier molecular flexibility index (Phi) is 4.25. The molecule has 0 saturated heterocycles. The van der Waals surface area contributed by atoms with E-state index in [1.165, 1.54) is 26.2 Å². The molecule has 4 fully saturated rings. The predicted molar refractivity (Wildman–Crippen MR) is 93.2 cm³/mol.